The Bertz CT molecular complexity index is 1430. The number of aromatic nitrogens is 3. The van der Waals surface area contributed by atoms with E-state index >= 15 is 0 Å². The third-order valence-electron chi connectivity index (χ3n) is 5.79. The van der Waals surface area contributed by atoms with Crippen LogP contribution in [0.5, 0.6) is 0 Å². The molecule has 34 heavy (non-hydrogen) atoms. The predicted molar refractivity (Wildman–Crippen MR) is 133 cm³/mol. The Labute approximate surface area is 201 Å². The highest BCUT2D eigenvalue weighted by Gasteiger charge is 2.25. The van der Waals surface area contributed by atoms with E-state index < -0.39 is 0 Å². The fourth-order valence-electron chi connectivity index (χ4n) is 3.94. The van der Waals surface area contributed by atoms with Crippen molar-refractivity contribution in [3.63, 3.8) is 0 Å². The maximum Gasteiger partial charge on any atom is 0.253 e. The molecular formula is C25H25ClN6O2. The third kappa shape index (κ3) is 4.41. The summed E-state index contributed by atoms with van der Waals surface area (Å²) < 4.78 is 2.04. The van der Waals surface area contributed by atoms with Gasteiger partial charge in [0, 0.05) is 31.6 Å². The number of carbonyl (C=O) groups excluding carboxylic acids is 2. The first-order valence-electron chi connectivity index (χ1n) is 11.3. The van der Waals surface area contributed by atoms with Gasteiger partial charge >= 0.3 is 0 Å². The van der Waals surface area contributed by atoms with Gasteiger partial charge < -0.3 is 16.0 Å². The molecule has 3 N–H and O–H groups in total. The summed E-state index contributed by atoms with van der Waals surface area (Å²) in [5, 5.41) is 9.44. The smallest absolute Gasteiger partial charge is 0.253 e. The standard InChI is InChI=1S/C25H25ClN6O2/c1-14-3-8-21-20(11-14)31-23(28-10-9-27-15(2)33)24-29-13-22(32(21)24)16-4-7-18(19(26)12-16)25(34)30-17-5-6-17/h3-4,7-8,11-13,17H,5-6,9-10H2,1-2H3,(H,27,33)(H,28,31)(H,30,34). The first-order chi connectivity index (χ1) is 16.4. The topological polar surface area (TPSA) is 100 Å². The van der Waals surface area contributed by atoms with Crippen LogP contribution < -0.4 is 16.0 Å². The van der Waals surface area contributed by atoms with Crippen molar-refractivity contribution in [2.75, 3.05) is 18.4 Å². The number of fused-ring (bicyclic) bond motifs is 3. The molecule has 0 spiro atoms. The fraction of sp³-hybridized carbons (Fsp3) is 0.280. The maximum absolute atomic E-state index is 12.5. The molecule has 0 aliphatic heterocycles. The number of carbonyl (C=O) groups is 2. The molecule has 5 rings (SSSR count). The quantitative estimate of drug-likeness (QED) is 0.351. The molecule has 0 radical (unpaired) electrons. The van der Waals surface area contributed by atoms with Crippen molar-refractivity contribution < 1.29 is 9.59 Å². The molecule has 2 heterocycles. The van der Waals surface area contributed by atoms with Gasteiger partial charge in [0.05, 0.1) is 33.5 Å². The van der Waals surface area contributed by atoms with Gasteiger partial charge in [-0.1, -0.05) is 23.7 Å². The normalized spacial score (nSPS) is 13.3. The summed E-state index contributed by atoms with van der Waals surface area (Å²) in [5.74, 6) is 0.400. The van der Waals surface area contributed by atoms with E-state index in [1.54, 1.807) is 18.3 Å². The first-order valence-corrected chi connectivity index (χ1v) is 11.7. The molecule has 2 aromatic carbocycles. The number of anilines is 1. The highest BCUT2D eigenvalue weighted by Crippen LogP contribution is 2.31. The maximum atomic E-state index is 12.5. The van der Waals surface area contributed by atoms with E-state index in [-0.39, 0.29) is 17.9 Å². The zero-order valence-corrected chi connectivity index (χ0v) is 19.7. The Morgan fingerprint density at radius 2 is 1.97 bits per heavy atom. The van der Waals surface area contributed by atoms with Crippen LogP contribution in [0.2, 0.25) is 5.02 Å². The Morgan fingerprint density at radius 1 is 1.15 bits per heavy atom. The van der Waals surface area contributed by atoms with E-state index in [0.29, 0.717) is 35.1 Å². The monoisotopic (exact) mass is 476 g/mol. The summed E-state index contributed by atoms with van der Waals surface area (Å²) in [6, 6.07) is 11.8. The van der Waals surface area contributed by atoms with Crippen molar-refractivity contribution in [3.05, 3.63) is 58.7 Å². The number of hydrogen-bond donors (Lipinski definition) is 3. The van der Waals surface area contributed by atoms with Gasteiger partial charge in [0.2, 0.25) is 5.91 Å². The summed E-state index contributed by atoms with van der Waals surface area (Å²) in [4.78, 5) is 33.1. The minimum absolute atomic E-state index is 0.0803. The molecule has 0 saturated heterocycles. The number of rotatable bonds is 7. The highest BCUT2D eigenvalue weighted by atomic mass is 35.5. The number of nitrogens with zero attached hydrogens (tertiary/aromatic N) is 3. The molecule has 1 fully saturated rings. The summed E-state index contributed by atoms with van der Waals surface area (Å²) in [7, 11) is 0. The number of halogens is 1. The molecule has 0 bridgehead atoms. The molecule has 0 atom stereocenters. The van der Waals surface area contributed by atoms with Gasteiger partial charge in [-0.05, 0) is 49.6 Å². The number of amides is 2. The number of benzene rings is 2. The average Bonchev–Trinajstić information content (AvgIpc) is 3.49. The van der Waals surface area contributed by atoms with Crippen LogP contribution in [0.4, 0.5) is 5.82 Å². The van der Waals surface area contributed by atoms with E-state index in [1.807, 2.05) is 35.6 Å². The van der Waals surface area contributed by atoms with Crippen molar-refractivity contribution in [3.8, 4) is 11.3 Å². The zero-order valence-electron chi connectivity index (χ0n) is 19.0. The average molecular weight is 477 g/mol. The lowest BCUT2D eigenvalue weighted by Crippen LogP contribution is -2.26. The van der Waals surface area contributed by atoms with Gasteiger partial charge in [-0.2, -0.15) is 0 Å². The molecular weight excluding hydrogens is 452 g/mol. The first kappa shape index (κ1) is 22.2. The molecule has 1 saturated carbocycles. The van der Waals surface area contributed by atoms with Crippen LogP contribution in [0, 0.1) is 6.92 Å². The van der Waals surface area contributed by atoms with Crippen LogP contribution in [0.1, 0.15) is 35.7 Å². The Kier molecular flexibility index (Phi) is 5.83. The second kappa shape index (κ2) is 8.95. The summed E-state index contributed by atoms with van der Waals surface area (Å²) in [6.07, 6.45) is 3.82. The van der Waals surface area contributed by atoms with Gasteiger partial charge in [-0.3, -0.25) is 14.0 Å². The molecule has 1 aliphatic carbocycles. The number of aryl methyl sites for hydroxylation is 1. The van der Waals surface area contributed by atoms with E-state index in [2.05, 4.69) is 20.9 Å². The Morgan fingerprint density at radius 3 is 2.71 bits per heavy atom. The fourth-order valence-corrected chi connectivity index (χ4v) is 4.20. The van der Waals surface area contributed by atoms with Crippen molar-refractivity contribution in [1.82, 2.24) is 25.0 Å². The van der Waals surface area contributed by atoms with Gasteiger partial charge in [0.15, 0.2) is 11.5 Å². The van der Waals surface area contributed by atoms with Gasteiger partial charge in [0.25, 0.3) is 5.91 Å². The van der Waals surface area contributed by atoms with Crippen molar-refractivity contribution in [2.24, 2.45) is 0 Å². The lowest BCUT2D eigenvalue weighted by molar-refractivity contribution is -0.118. The SMILES string of the molecule is CC(=O)NCCNc1nc2cc(C)ccc2n2c(-c3ccc(C(=O)NC4CC4)c(Cl)c3)cnc12. The van der Waals surface area contributed by atoms with Crippen molar-refractivity contribution in [2.45, 2.75) is 32.7 Å². The molecule has 2 aromatic heterocycles. The highest BCUT2D eigenvalue weighted by molar-refractivity contribution is 6.34. The molecule has 8 nitrogen and oxygen atoms in total. The number of hydrogen-bond acceptors (Lipinski definition) is 5. The molecule has 2 amide bonds. The summed E-state index contributed by atoms with van der Waals surface area (Å²) >= 11 is 6.53. The molecule has 1 aliphatic rings. The van der Waals surface area contributed by atoms with Gasteiger partial charge in [-0.15, -0.1) is 0 Å². The molecule has 4 aromatic rings. The minimum atomic E-state index is -0.145. The third-order valence-corrected chi connectivity index (χ3v) is 6.10. The van der Waals surface area contributed by atoms with E-state index in [9.17, 15) is 9.59 Å². The van der Waals surface area contributed by atoms with Crippen LogP contribution >= 0.6 is 11.6 Å². The van der Waals surface area contributed by atoms with E-state index in [1.165, 1.54) is 6.92 Å². The Hall–Kier alpha value is -3.65. The molecule has 174 valence electrons. The van der Waals surface area contributed by atoms with Crippen molar-refractivity contribution >= 4 is 45.9 Å². The molecule has 0 unspecified atom stereocenters. The zero-order chi connectivity index (χ0) is 23.8. The van der Waals surface area contributed by atoms with Gasteiger partial charge in [0.1, 0.15) is 0 Å². The van der Waals surface area contributed by atoms with Crippen molar-refractivity contribution in [1.29, 1.82) is 0 Å². The van der Waals surface area contributed by atoms with Crippen LogP contribution in [0.3, 0.4) is 0 Å². The Balaban J connectivity index is 1.56. The van der Waals surface area contributed by atoms with Crippen LogP contribution in [-0.2, 0) is 4.79 Å². The largest absolute Gasteiger partial charge is 0.365 e. The van der Waals surface area contributed by atoms with E-state index in [4.69, 9.17) is 16.6 Å². The molecule has 9 heteroatoms. The lowest BCUT2D eigenvalue weighted by Gasteiger charge is -2.13. The van der Waals surface area contributed by atoms with Gasteiger partial charge in [-0.25, -0.2) is 9.97 Å². The second-order valence-electron chi connectivity index (χ2n) is 8.61. The predicted octanol–water partition coefficient (Wildman–Crippen LogP) is 3.95. The number of imidazole rings is 1. The van der Waals surface area contributed by atoms with E-state index in [0.717, 1.165) is 40.7 Å². The second-order valence-corrected chi connectivity index (χ2v) is 9.01. The summed E-state index contributed by atoms with van der Waals surface area (Å²) in [5.41, 5.74) is 5.64. The number of nitrogens with one attached hydrogen (secondary N) is 3. The van der Waals surface area contributed by atoms with Crippen LogP contribution in [0.25, 0.3) is 27.9 Å². The van der Waals surface area contributed by atoms with Crippen LogP contribution in [-0.4, -0.2) is 45.3 Å². The summed E-state index contributed by atoms with van der Waals surface area (Å²) in [6.45, 7) is 4.50. The van der Waals surface area contributed by atoms with Crippen LogP contribution in [0.15, 0.2) is 42.6 Å². The lowest BCUT2D eigenvalue weighted by atomic mass is 10.1. The minimum Gasteiger partial charge on any atom is -0.365 e.